The van der Waals surface area contributed by atoms with Crippen molar-refractivity contribution in [2.75, 3.05) is 27.7 Å². The van der Waals surface area contributed by atoms with Gasteiger partial charge in [0, 0.05) is 0 Å². The van der Waals surface area contributed by atoms with Gasteiger partial charge < -0.3 is 19.4 Å². The second-order valence-corrected chi connectivity index (χ2v) is 13.0. The number of quaternary nitrogens is 1. The van der Waals surface area contributed by atoms with Crippen LogP contribution in [-0.4, -0.2) is 52.4 Å². The third-order valence-corrected chi connectivity index (χ3v) is 7.72. The van der Waals surface area contributed by atoms with Crippen molar-refractivity contribution in [3.63, 3.8) is 0 Å². The maximum absolute atomic E-state index is 11.8. The molecule has 6 heteroatoms. The first-order chi connectivity index (χ1) is 16.0. The van der Waals surface area contributed by atoms with E-state index in [2.05, 4.69) is 31.2 Å². The SMILES string of the molecule is CCCCCC/C=C\CCCCCCCCCC/C=C\CCCC(O)(C[N+](C)(C)C)P(=O)(O)O. The van der Waals surface area contributed by atoms with E-state index in [4.69, 9.17) is 0 Å². The summed E-state index contributed by atoms with van der Waals surface area (Å²) in [6.45, 7) is 2.30. The van der Waals surface area contributed by atoms with Crippen LogP contribution in [0.1, 0.15) is 122 Å². The van der Waals surface area contributed by atoms with E-state index in [9.17, 15) is 19.5 Å². The average molecular weight is 503 g/mol. The van der Waals surface area contributed by atoms with Crippen LogP contribution in [0.4, 0.5) is 0 Å². The van der Waals surface area contributed by atoms with Crippen LogP contribution in [0, 0.1) is 0 Å². The van der Waals surface area contributed by atoms with Gasteiger partial charge in [0.2, 0.25) is 5.34 Å². The molecule has 0 rings (SSSR count). The van der Waals surface area contributed by atoms with Crippen LogP contribution in [0.3, 0.4) is 0 Å². The van der Waals surface area contributed by atoms with E-state index in [1.54, 1.807) is 0 Å². The van der Waals surface area contributed by atoms with Crippen molar-refractivity contribution in [3.8, 4) is 0 Å². The molecule has 202 valence electrons. The van der Waals surface area contributed by atoms with Crippen molar-refractivity contribution in [1.29, 1.82) is 0 Å². The summed E-state index contributed by atoms with van der Waals surface area (Å²) in [5.74, 6) is 0. The maximum Gasteiger partial charge on any atom is 0.362 e. The molecule has 0 saturated carbocycles. The molecule has 0 aromatic carbocycles. The Morgan fingerprint density at radius 3 is 1.35 bits per heavy atom. The normalized spacial score (nSPS) is 14.9. The zero-order chi connectivity index (χ0) is 25.8. The summed E-state index contributed by atoms with van der Waals surface area (Å²) >= 11 is 0. The van der Waals surface area contributed by atoms with Gasteiger partial charge in [0.05, 0.1) is 21.1 Å². The fourth-order valence-corrected chi connectivity index (χ4v) is 5.38. The van der Waals surface area contributed by atoms with Gasteiger partial charge in [-0.2, -0.15) is 0 Å². The number of nitrogens with zero attached hydrogens (tertiary/aromatic N) is 1. The molecule has 0 aliphatic carbocycles. The van der Waals surface area contributed by atoms with E-state index in [1.807, 2.05) is 21.1 Å². The van der Waals surface area contributed by atoms with Gasteiger partial charge in [0.1, 0.15) is 6.54 Å². The smallest absolute Gasteiger partial charge is 0.362 e. The molecular weight excluding hydrogens is 445 g/mol. The Morgan fingerprint density at radius 1 is 0.647 bits per heavy atom. The minimum absolute atomic E-state index is 0.0389. The molecule has 0 saturated heterocycles. The highest BCUT2D eigenvalue weighted by atomic mass is 31.2. The van der Waals surface area contributed by atoms with E-state index in [0.717, 1.165) is 12.8 Å². The van der Waals surface area contributed by atoms with Crippen molar-refractivity contribution >= 4 is 7.60 Å². The fraction of sp³-hybridized carbons (Fsp3) is 0.857. The van der Waals surface area contributed by atoms with E-state index in [-0.39, 0.29) is 13.0 Å². The molecule has 1 unspecified atom stereocenters. The summed E-state index contributed by atoms with van der Waals surface area (Å²) in [6, 6.07) is 0. The fourth-order valence-electron chi connectivity index (χ4n) is 4.32. The molecule has 0 amide bonds. The average Bonchev–Trinajstić information content (AvgIpc) is 2.73. The van der Waals surface area contributed by atoms with E-state index in [0.29, 0.717) is 10.9 Å². The third-order valence-electron chi connectivity index (χ3n) is 6.27. The molecule has 0 bridgehead atoms. The van der Waals surface area contributed by atoms with Gasteiger partial charge in [0.25, 0.3) is 0 Å². The quantitative estimate of drug-likeness (QED) is 0.0578. The highest BCUT2D eigenvalue weighted by Crippen LogP contribution is 2.52. The number of hydrogen-bond donors (Lipinski definition) is 3. The molecule has 0 aromatic rings. The molecule has 0 fully saturated rings. The summed E-state index contributed by atoms with van der Waals surface area (Å²) in [5, 5.41) is 8.60. The van der Waals surface area contributed by atoms with Crippen molar-refractivity contribution < 1.29 is 23.9 Å². The Kier molecular flexibility index (Phi) is 19.4. The second kappa shape index (κ2) is 19.7. The molecule has 0 aromatic heterocycles. The van der Waals surface area contributed by atoms with Crippen LogP contribution in [0.5, 0.6) is 0 Å². The Bertz CT molecular complexity index is 579. The lowest BCUT2D eigenvalue weighted by molar-refractivity contribution is -0.875. The Hall–Kier alpha value is -0.450. The summed E-state index contributed by atoms with van der Waals surface area (Å²) in [6.07, 6.45) is 30.0. The van der Waals surface area contributed by atoms with Crippen molar-refractivity contribution in [3.05, 3.63) is 24.3 Å². The molecule has 0 radical (unpaired) electrons. The number of likely N-dealkylation sites (N-methyl/N-ethyl adjacent to an activating group) is 1. The van der Waals surface area contributed by atoms with Crippen molar-refractivity contribution in [2.45, 2.75) is 128 Å². The van der Waals surface area contributed by atoms with Crippen molar-refractivity contribution in [2.24, 2.45) is 0 Å². The minimum atomic E-state index is -4.57. The van der Waals surface area contributed by atoms with E-state index >= 15 is 0 Å². The van der Waals surface area contributed by atoms with Gasteiger partial charge in [-0.05, 0) is 57.8 Å². The molecule has 3 N–H and O–H groups in total. The highest BCUT2D eigenvalue weighted by Gasteiger charge is 2.48. The largest absolute Gasteiger partial charge is 0.373 e. The lowest BCUT2D eigenvalue weighted by Gasteiger charge is -2.35. The zero-order valence-electron chi connectivity index (χ0n) is 22.9. The highest BCUT2D eigenvalue weighted by molar-refractivity contribution is 7.53. The lowest BCUT2D eigenvalue weighted by Crippen LogP contribution is -2.49. The van der Waals surface area contributed by atoms with Gasteiger partial charge in [0.15, 0.2) is 0 Å². The van der Waals surface area contributed by atoms with Crippen LogP contribution in [0.15, 0.2) is 24.3 Å². The first-order valence-electron chi connectivity index (χ1n) is 13.9. The molecule has 0 aliphatic rings. The third kappa shape index (κ3) is 19.8. The standard InChI is InChI=1S/C28H56NO4P/c1-5-6-7-8-9-10-11-12-13-14-15-16-17-18-19-20-21-22-23-24-25-26-28(30,34(31,32)33)27-29(2,3)4/h10-11,22-23,30H,5-9,12-21,24-27H2,1-4H3,(H-,31,32,33)/p+1/b11-10-,23-22-. The first-order valence-corrected chi connectivity index (χ1v) is 15.5. The maximum atomic E-state index is 11.8. The predicted molar refractivity (Wildman–Crippen MR) is 147 cm³/mol. The molecule has 0 aliphatic heterocycles. The van der Waals surface area contributed by atoms with Crippen molar-refractivity contribution in [1.82, 2.24) is 0 Å². The summed E-state index contributed by atoms with van der Waals surface area (Å²) in [4.78, 5) is 19.2. The first kappa shape index (κ1) is 33.5. The van der Waals surface area contributed by atoms with Gasteiger partial charge >= 0.3 is 7.60 Å². The van der Waals surface area contributed by atoms with Crippen LogP contribution in [0.2, 0.25) is 0 Å². The monoisotopic (exact) mass is 502 g/mol. The number of rotatable bonds is 23. The van der Waals surface area contributed by atoms with Crippen LogP contribution < -0.4 is 0 Å². The Balaban J connectivity index is 3.61. The number of allylic oxidation sites excluding steroid dienone is 4. The van der Waals surface area contributed by atoms with Gasteiger partial charge in [-0.25, -0.2) is 0 Å². The van der Waals surface area contributed by atoms with Crippen LogP contribution in [0.25, 0.3) is 0 Å². The lowest BCUT2D eigenvalue weighted by atomic mass is 10.1. The van der Waals surface area contributed by atoms with Crippen LogP contribution >= 0.6 is 7.60 Å². The van der Waals surface area contributed by atoms with E-state index < -0.39 is 12.9 Å². The number of unbranched alkanes of at least 4 members (excludes halogenated alkanes) is 14. The molecule has 5 nitrogen and oxygen atoms in total. The Morgan fingerprint density at radius 2 is 1.00 bits per heavy atom. The summed E-state index contributed by atoms with van der Waals surface area (Å²) < 4.78 is 12.1. The van der Waals surface area contributed by atoms with Gasteiger partial charge in [-0.3, -0.25) is 4.57 Å². The van der Waals surface area contributed by atoms with Gasteiger partial charge in [-0.1, -0.05) is 89.0 Å². The summed E-state index contributed by atoms with van der Waals surface area (Å²) in [7, 11) is 0.921. The van der Waals surface area contributed by atoms with Gasteiger partial charge in [-0.15, -0.1) is 0 Å². The topological polar surface area (TPSA) is 77.8 Å². The Labute approximate surface area is 211 Å². The molecular formula is C28H57NO4P+. The molecule has 1 atom stereocenters. The number of aliphatic hydroxyl groups is 1. The predicted octanol–water partition coefficient (Wildman–Crippen LogP) is 7.71. The molecule has 34 heavy (non-hydrogen) atoms. The van der Waals surface area contributed by atoms with E-state index in [1.165, 1.54) is 89.9 Å². The molecule has 0 spiro atoms. The van der Waals surface area contributed by atoms with Crippen LogP contribution in [-0.2, 0) is 4.57 Å². The summed E-state index contributed by atoms with van der Waals surface area (Å²) in [5.41, 5.74) is 0. The number of hydrogen-bond acceptors (Lipinski definition) is 2. The second-order valence-electron chi connectivity index (χ2n) is 11.1. The molecule has 0 heterocycles. The zero-order valence-corrected chi connectivity index (χ0v) is 23.8. The minimum Gasteiger partial charge on any atom is -0.373 e.